The number of hydrogen-bond donors (Lipinski definition) is 1. The van der Waals surface area contributed by atoms with Crippen LogP contribution >= 0.6 is 11.3 Å². The van der Waals surface area contributed by atoms with Crippen LogP contribution in [0, 0.1) is 6.92 Å². The lowest BCUT2D eigenvalue weighted by Crippen LogP contribution is -2.39. The number of aryl methyl sites for hydroxylation is 1. The van der Waals surface area contributed by atoms with Gasteiger partial charge in [-0.3, -0.25) is 14.2 Å². The van der Waals surface area contributed by atoms with Crippen molar-refractivity contribution in [3.8, 4) is 10.4 Å². The fourth-order valence-electron chi connectivity index (χ4n) is 4.76. The number of carbonyl (C=O) groups is 1. The van der Waals surface area contributed by atoms with Crippen molar-refractivity contribution < 1.29 is 4.79 Å². The number of thiophene rings is 1. The minimum atomic E-state index is -0.158. The largest absolute Gasteiger partial charge is 0.358 e. The number of carbonyl (C=O) groups excluding carboxylic acids is 1. The van der Waals surface area contributed by atoms with Crippen molar-refractivity contribution in [2.75, 3.05) is 6.54 Å². The van der Waals surface area contributed by atoms with Crippen LogP contribution in [0.3, 0.4) is 0 Å². The molecule has 5 aromatic rings. The maximum Gasteiger partial charge on any atom is 0.262 e. The highest BCUT2D eigenvalue weighted by atomic mass is 32.1. The third-order valence-electron chi connectivity index (χ3n) is 6.49. The summed E-state index contributed by atoms with van der Waals surface area (Å²) >= 11 is 1.52. The third kappa shape index (κ3) is 3.27. The molecule has 0 spiro atoms. The van der Waals surface area contributed by atoms with Crippen molar-refractivity contribution in [2.24, 2.45) is 0 Å². The van der Waals surface area contributed by atoms with Gasteiger partial charge in [0, 0.05) is 46.5 Å². The zero-order valence-electron chi connectivity index (χ0n) is 18.2. The van der Waals surface area contributed by atoms with Gasteiger partial charge in [0.15, 0.2) is 0 Å². The van der Waals surface area contributed by atoms with Crippen LogP contribution in [0.1, 0.15) is 16.8 Å². The van der Waals surface area contributed by atoms with Gasteiger partial charge in [-0.2, -0.15) is 0 Å². The number of aromatic amines is 1. The molecule has 0 unspecified atom stereocenters. The topological polar surface area (TPSA) is 71.0 Å². The molecule has 0 saturated heterocycles. The van der Waals surface area contributed by atoms with E-state index in [0.29, 0.717) is 23.3 Å². The summed E-state index contributed by atoms with van der Waals surface area (Å²) in [5.74, 6) is -0.0645. The Bertz CT molecular complexity index is 1580. The summed E-state index contributed by atoms with van der Waals surface area (Å²) in [4.78, 5) is 38.1. The van der Waals surface area contributed by atoms with Crippen LogP contribution in [0.25, 0.3) is 31.6 Å². The quantitative estimate of drug-likeness (QED) is 0.436. The van der Waals surface area contributed by atoms with Crippen LogP contribution in [0.5, 0.6) is 0 Å². The van der Waals surface area contributed by atoms with Gasteiger partial charge in [0.1, 0.15) is 11.4 Å². The minimum Gasteiger partial charge on any atom is -0.358 e. The van der Waals surface area contributed by atoms with Gasteiger partial charge in [-0.1, -0.05) is 48.5 Å². The first-order valence-corrected chi connectivity index (χ1v) is 11.8. The molecule has 164 valence electrons. The Balaban J connectivity index is 1.30. The maximum absolute atomic E-state index is 13.3. The molecule has 1 aliphatic rings. The van der Waals surface area contributed by atoms with Crippen molar-refractivity contribution >= 4 is 38.4 Å². The van der Waals surface area contributed by atoms with E-state index in [2.05, 4.69) is 22.1 Å². The number of benzene rings is 2. The van der Waals surface area contributed by atoms with Gasteiger partial charge < -0.3 is 9.88 Å². The monoisotopic (exact) mass is 454 g/mol. The van der Waals surface area contributed by atoms with Crippen molar-refractivity contribution in [3.05, 3.63) is 88.1 Å². The number of hydrogen-bond acceptors (Lipinski definition) is 4. The molecule has 1 amide bonds. The van der Waals surface area contributed by atoms with Crippen LogP contribution in [-0.4, -0.2) is 31.9 Å². The van der Waals surface area contributed by atoms with E-state index in [1.165, 1.54) is 33.5 Å². The lowest BCUT2D eigenvalue weighted by atomic mass is 10.0. The van der Waals surface area contributed by atoms with Crippen molar-refractivity contribution in [1.29, 1.82) is 0 Å². The van der Waals surface area contributed by atoms with Crippen LogP contribution in [-0.2, 0) is 24.3 Å². The second kappa shape index (κ2) is 7.71. The number of nitrogens with one attached hydrogen (secondary N) is 1. The Morgan fingerprint density at radius 1 is 1.12 bits per heavy atom. The van der Waals surface area contributed by atoms with E-state index >= 15 is 0 Å². The number of rotatable bonds is 3. The summed E-state index contributed by atoms with van der Waals surface area (Å²) < 4.78 is 1.45. The predicted molar refractivity (Wildman–Crippen MR) is 131 cm³/mol. The molecule has 0 saturated carbocycles. The second-order valence-electron chi connectivity index (χ2n) is 8.47. The number of aromatic nitrogens is 3. The first-order chi connectivity index (χ1) is 16.1. The smallest absolute Gasteiger partial charge is 0.262 e. The van der Waals surface area contributed by atoms with E-state index in [0.717, 1.165) is 33.3 Å². The summed E-state index contributed by atoms with van der Waals surface area (Å²) in [6.07, 6.45) is 2.29. The Labute approximate surface area is 194 Å². The van der Waals surface area contributed by atoms with Gasteiger partial charge in [-0.05, 0) is 24.1 Å². The van der Waals surface area contributed by atoms with Crippen molar-refractivity contribution in [1.82, 2.24) is 19.4 Å². The Morgan fingerprint density at radius 2 is 1.91 bits per heavy atom. The number of nitrogens with zero attached hydrogens (tertiary/aromatic N) is 3. The standard InChI is InChI=1S/C26H22N4O2S/c1-16-23-25(33-24(16)17-7-3-2-4-8-17)27-15-30(26(23)32)14-22(31)29-12-11-21-19(13-29)18-9-5-6-10-20(18)28-21/h2-10,15,28H,11-14H2,1H3. The van der Waals surface area contributed by atoms with E-state index in [4.69, 9.17) is 0 Å². The molecule has 1 N–H and O–H groups in total. The molecule has 2 aromatic carbocycles. The van der Waals surface area contributed by atoms with Crippen molar-refractivity contribution in [3.63, 3.8) is 0 Å². The van der Waals surface area contributed by atoms with Gasteiger partial charge in [0.05, 0.1) is 11.7 Å². The first-order valence-electron chi connectivity index (χ1n) is 11.0. The molecule has 3 aromatic heterocycles. The summed E-state index contributed by atoms with van der Waals surface area (Å²) in [7, 11) is 0. The second-order valence-corrected chi connectivity index (χ2v) is 9.47. The Kier molecular flexibility index (Phi) is 4.66. The molecule has 33 heavy (non-hydrogen) atoms. The average molecular weight is 455 g/mol. The first kappa shape index (κ1) is 19.9. The SMILES string of the molecule is Cc1c(-c2ccccc2)sc2ncn(CC(=O)N3CCc4[nH]c5ccccc5c4C3)c(=O)c12. The molecular weight excluding hydrogens is 432 g/mol. The van der Waals surface area contributed by atoms with Gasteiger partial charge >= 0.3 is 0 Å². The van der Waals surface area contributed by atoms with Crippen LogP contribution in [0.2, 0.25) is 0 Å². The maximum atomic E-state index is 13.3. The zero-order chi connectivity index (χ0) is 22.5. The van der Waals surface area contributed by atoms with Crippen molar-refractivity contribution in [2.45, 2.75) is 26.4 Å². The minimum absolute atomic E-state index is 0.00454. The predicted octanol–water partition coefficient (Wildman–Crippen LogP) is 4.50. The molecule has 0 aliphatic carbocycles. The lowest BCUT2D eigenvalue weighted by Gasteiger charge is -2.27. The summed E-state index contributed by atoms with van der Waals surface area (Å²) in [6.45, 7) is 3.14. The molecule has 6 nitrogen and oxygen atoms in total. The highest BCUT2D eigenvalue weighted by molar-refractivity contribution is 7.22. The molecule has 1 aliphatic heterocycles. The highest BCUT2D eigenvalue weighted by Crippen LogP contribution is 2.35. The fraction of sp³-hybridized carbons (Fsp3) is 0.192. The molecule has 0 radical (unpaired) electrons. The van der Waals surface area contributed by atoms with E-state index in [-0.39, 0.29) is 18.0 Å². The molecule has 7 heteroatoms. The number of para-hydroxylation sites is 1. The van der Waals surface area contributed by atoms with Gasteiger partial charge in [-0.25, -0.2) is 4.98 Å². The Hall–Kier alpha value is -3.71. The number of fused-ring (bicyclic) bond motifs is 4. The average Bonchev–Trinajstić information content (AvgIpc) is 3.39. The van der Waals surface area contributed by atoms with Gasteiger partial charge in [0.2, 0.25) is 5.91 Å². The third-order valence-corrected chi connectivity index (χ3v) is 7.74. The summed E-state index contributed by atoms with van der Waals surface area (Å²) in [6, 6.07) is 18.2. The molecular formula is C26H22N4O2S. The fourth-order valence-corrected chi connectivity index (χ4v) is 5.91. The van der Waals surface area contributed by atoms with Crippen LogP contribution < -0.4 is 5.56 Å². The van der Waals surface area contributed by atoms with E-state index in [9.17, 15) is 9.59 Å². The molecule has 4 heterocycles. The summed E-state index contributed by atoms with van der Waals surface area (Å²) in [5, 5.41) is 1.76. The summed E-state index contributed by atoms with van der Waals surface area (Å²) in [5.41, 5.74) is 5.30. The number of H-pyrrole nitrogens is 1. The number of amides is 1. The van der Waals surface area contributed by atoms with E-state index < -0.39 is 0 Å². The van der Waals surface area contributed by atoms with Gasteiger partial charge in [-0.15, -0.1) is 11.3 Å². The molecule has 0 atom stereocenters. The zero-order valence-corrected chi connectivity index (χ0v) is 19.0. The highest BCUT2D eigenvalue weighted by Gasteiger charge is 2.25. The van der Waals surface area contributed by atoms with Crippen LogP contribution in [0.4, 0.5) is 0 Å². The van der Waals surface area contributed by atoms with Crippen LogP contribution in [0.15, 0.2) is 65.7 Å². The molecule has 0 fully saturated rings. The molecule has 6 rings (SSSR count). The van der Waals surface area contributed by atoms with Gasteiger partial charge in [0.25, 0.3) is 5.56 Å². The van der Waals surface area contributed by atoms with E-state index in [1.54, 1.807) is 0 Å². The normalized spacial score (nSPS) is 13.5. The Morgan fingerprint density at radius 3 is 2.76 bits per heavy atom. The van der Waals surface area contributed by atoms with E-state index in [1.807, 2.05) is 54.3 Å². The molecule has 0 bridgehead atoms. The lowest BCUT2D eigenvalue weighted by molar-refractivity contribution is -0.132.